The van der Waals surface area contributed by atoms with Gasteiger partial charge in [0.15, 0.2) is 0 Å². The number of carbonyl (C=O) groups excluding carboxylic acids is 1. The molecule has 2 N–H and O–H groups in total. The molecule has 2 fully saturated rings. The third-order valence-electron chi connectivity index (χ3n) is 5.62. The molecule has 0 atom stereocenters. The summed E-state index contributed by atoms with van der Waals surface area (Å²) in [5.41, 5.74) is -0.551. The van der Waals surface area contributed by atoms with Crippen LogP contribution in [0.15, 0.2) is 0 Å². The highest BCUT2D eigenvalue weighted by Crippen LogP contribution is 2.40. The minimum absolute atomic E-state index is 0.149. The van der Waals surface area contributed by atoms with Crippen molar-refractivity contribution in [1.82, 2.24) is 5.32 Å². The van der Waals surface area contributed by atoms with Crippen LogP contribution in [-0.4, -0.2) is 23.2 Å². The lowest BCUT2D eigenvalue weighted by molar-refractivity contribution is -0.133. The second kappa shape index (κ2) is 5.67. The van der Waals surface area contributed by atoms with Gasteiger partial charge in [-0.3, -0.25) is 4.79 Å². The lowest BCUT2D eigenvalue weighted by Crippen LogP contribution is -2.50. The van der Waals surface area contributed by atoms with E-state index < -0.39 is 5.60 Å². The molecule has 0 aliphatic heterocycles. The fourth-order valence-electron chi connectivity index (χ4n) is 3.59. The van der Waals surface area contributed by atoms with Crippen molar-refractivity contribution in [3.8, 4) is 0 Å². The molecule has 20 heavy (non-hydrogen) atoms. The van der Waals surface area contributed by atoms with Crippen LogP contribution >= 0.6 is 0 Å². The predicted molar refractivity (Wildman–Crippen MR) is 81.4 cm³/mol. The molecule has 0 aromatic heterocycles. The smallest absolute Gasteiger partial charge is 0.226 e. The standard InChI is InChI=1S/C17H31NO2/c1-15(2)9-11-17(20,12-10-15)13-18-14(19)16(3)7-5-4-6-8-16/h20H,4-13H2,1-3H3,(H,18,19). The molecule has 0 radical (unpaired) electrons. The van der Waals surface area contributed by atoms with Crippen molar-refractivity contribution >= 4 is 5.91 Å². The fraction of sp³-hybridized carbons (Fsp3) is 0.941. The highest BCUT2D eigenvalue weighted by atomic mass is 16.3. The Labute approximate surface area is 123 Å². The molecule has 0 aromatic rings. The summed E-state index contributed by atoms with van der Waals surface area (Å²) in [7, 11) is 0. The quantitative estimate of drug-likeness (QED) is 0.833. The highest BCUT2D eigenvalue weighted by Gasteiger charge is 2.39. The normalized spacial score (nSPS) is 27.8. The van der Waals surface area contributed by atoms with E-state index in [0.29, 0.717) is 12.0 Å². The van der Waals surface area contributed by atoms with Crippen molar-refractivity contribution in [3.63, 3.8) is 0 Å². The van der Waals surface area contributed by atoms with Crippen molar-refractivity contribution in [2.75, 3.05) is 6.54 Å². The van der Waals surface area contributed by atoms with Crippen LogP contribution in [-0.2, 0) is 4.79 Å². The lowest BCUT2D eigenvalue weighted by atomic mass is 9.70. The Morgan fingerprint density at radius 2 is 1.50 bits per heavy atom. The van der Waals surface area contributed by atoms with E-state index in [1.807, 2.05) is 0 Å². The number of amides is 1. The van der Waals surface area contributed by atoms with Crippen molar-refractivity contribution in [2.24, 2.45) is 10.8 Å². The second-order valence-corrected chi connectivity index (χ2v) is 8.19. The van der Waals surface area contributed by atoms with E-state index >= 15 is 0 Å². The molecule has 3 nitrogen and oxygen atoms in total. The van der Waals surface area contributed by atoms with Gasteiger partial charge in [-0.05, 0) is 43.9 Å². The van der Waals surface area contributed by atoms with Crippen LogP contribution in [0.2, 0.25) is 0 Å². The Morgan fingerprint density at radius 1 is 0.950 bits per heavy atom. The van der Waals surface area contributed by atoms with Gasteiger partial charge < -0.3 is 10.4 Å². The molecular formula is C17H31NO2. The number of aliphatic hydroxyl groups is 1. The second-order valence-electron chi connectivity index (χ2n) is 8.19. The first kappa shape index (κ1) is 15.8. The van der Waals surface area contributed by atoms with Gasteiger partial charge in [0.1, 0.15) is 0 Å². The van der Waals surface area contributed by atoms with Gasteiger partial charge >= 0.3 is 0 Å². The van der Waals surface area contributed by atoms with Crippen LogP contribution in [0.5, 0.6) is 0 Å². The van der Waals surface area contributed by atoms with Crippen LogP contribution in [0.4, 0.5) is 0 Å². The van der Waals surface area contributed by atoms with Crippen molar-refractivity contribution in [1.29, 1.82) is 0 Å². The predicted octanol–water partition coefficient (Wildman–Crippen LogP) is 3.40. The van der Waals surface area contributed by atoms with Crippen LogP contribution in [0.25, 0.3) is 0 Å². The van der Waals surface area contributed by atoms with E-state index in [2.05, 4.69) is 26.1 Å². The van der Waals surface area contributed by atoms with Gasteiger partial charge in [0.2, 0.25) is 5.91 Å². The number of carbonyl (C=O) groups is 1. The minimum atomic E-state index is -0.684. The molecule has 2 aliphatic carbocycles. The summed E-state index contributed by atoms with van der Waals surface area (Å²) in [6.07, 6.45) is 9.22. The zero-order valence-corrected chi connectivity index (χ0v) is 13.4. The SMILES string of the molecule is CC1(C)CCC(O)(CNC(=O)C2(C)CCCCC2)CC1. The van der Waals surface area contributed by atoms with E-state index in [9.17, 15) is 9.90 Å². The van der Waals surface area contributed by atoms with Gasteiger partial charge in [0, 0.05) is 12.0 Å². The Hall–Kier alpha value is -0.570. The van der Waals surface area contributed by atoms with E-state index in [-0.39, 0.29) is 11.3 Å². The Morgan fingerprint density at radius 3 is 2.05 bits per heavy atom. The molecular weight excluding hydrogens is 250 g/mol. The molecule has 116 valence electrons. The van der Waals surface area contributed by atoms with Crippen LogP contribution in [0, 0.1) is 10.8 Å². The average Bonchev–Trinajstić information content (AvgIpc) is 2.41. The van der Waals surface area contributed by atoms with Gasteiger partial charge in [-0.2, -0.15) is 0 Å². The van der Waals surface area contributed by atoms with Crippen LogP contribution in [0.3, 0.4) is 0 Å². The third-order valence-corrected chi connectivity index (χ3v) is 5.62. The maximum atomic E-state index is 12.4. The molecule has 2 saturated carbocycles. The molecule has 2 rings (SSSR count). The molecule has 0 saturated heterocycles. The summed E-state index contributed by atoms with van der Waals surface area (Å²) in [6, 6.07) is 0. The molecule has 0 heterocycles. The third kappa shape index (κ3) is 3.75. The summed E-state index contributed by atoms with van der Waals surface area (Å²) >= 11 is 0. The van der Waals surface area contributed by atoms with E-state index in [4.69, 9.17) is 0 Å². The molecule has 0 aromatic carbocycles. The number of hydrogen-bond acceptors (Lipinski definition) is 2. The summed E-state index contributed by atoms with van der Waals surface area (Å²) in [4.78, 5) is 12.4. The first-order valence-corrected chi connectivity index (χ1v) is 8.26. The number of hydrogen-bond donors (Lipinski definition) is 2. The molecule has 0 unspecified atom stereocenters. The van der Waals surface area contributed by atoms with Crippen LogP contribution < -0.4 is 5.32 Å². The average molecular weight is 281 g/mol. The summed E-state index contributed by atoms with van der Waals surface area (Å²) in [6.45, 7) is 7.02. The fourth-order valence-corrected chi connectivity index (χ4v) is 3.59. The first-order valence-electron chi connectivity index (χ1n) is 8.26. The van der Waals surface area contributed by atoms with Crippen LogP contribution in [0.1, 0.15) is 78.6 Å². The van der Waals surface area contributed by atoms with Gasteiger partial charge in [-0.1, -0.05) is 40.0 Å². The zero-order valence-electron chi connectivity index (χ0n) is 13.4. The number of nitrogens with one attached hydrogen (secondary N) is 1. The van der Waals surface area contributed by atoms with Gasteiger partial charge in [0.05, 0.1) is 5.60 Å². The van der Waals surface area contributed by atoms with Crippen molar-refractivity contribution < 1.29 is 9.90 Å². The van der Waals surface area contributed by atoms with Gasteiger partial charge in [-0.25, -0.2) is 0 Å². The molecule has 0 spiro atoms. The Balaban J connectivity index is 1.84. The molecule has 0 bridgehead atoms. The number of rotatable bonds is 3. The highest BCUT2D eigenvalue weighted by molar-refractivity contribution is 5.82. The summed E-state index contributed by atoms with van der Waals surface area (Å²) in [5.74, 6) is 0.149. The maximum Gasteiger partial charge on any atom is 0.226 e. The van der Waals surface area contributed by atoms with E-state index in [1.54, 1.807) is 0 Å². The zero-order chi connectivity index (χ0) is 14.9. The summed E-state index contributed by atoms with van der Waals surface area (Å²) < 4.78 is 0. The largest absolute Gasteiger partial charge is 0.388 e. The molecule has 2 aliphatic rings. The van der Waals surface area contributed by atoms with Gasteiger partial charge in [0.25, 0.3) is 0 Å². The maximum absolute atomic E-state index is 12.4. The topological polar surface area (TPSA) is 49.3 Å². The van der Waals surface area contributed by atoms with Gasteiger partial charge in [-0.15, -0.1) is 0 Å². The Kier molecular flexibility index (Phi) is 4.48. The molecule has 3 heteroatoms. The monoisotopic (exact) mass is 281 g/mol. The van der Waals surface area contributed by atoms with E-state index in [1.165, 1.54) is 6.42 Å². The van der Waals surface area contributed by atoms with E-state index in [0.717, 1.165) is 51.4 Å². The van der Waals surface area contributed by atoms with Crippen molar-refractivity contribution in [2.45, 2.75) is 84.2 Å². The lowest BCUT2D eigenvalue weighted by Gasteiger charge is -2.41. The Bertz CT molecular complexity index is 346. The first-order chi connectivity index (χ1) is 9.25. The molecule has 1 amide bonds. The summed E-state index contributed by atoms with van der Waals surface area (Å²) in [5, 5.41) is 13.7. The van der Waals surface area contributed by atoms with Crippen molar-refractivity contribution in [3.05, 3.63) is 0 Å². The minimum Gasteiger partial charge on any atom is -0.388 e.